The van der Waals surface area contributed by atoms with Crippen molar-refractivity contribution in [2.75, 3.05) is 23.9 Å². The maximum absolute atomic E-state index is 10.9. The zero-order valence-electron chi connectivity index (χ0n) is 10.1. The van der Waals surface area contributed by atoms with Gasteiger partial charge in [-0.25, -0.2) is 8.42 Å². The van der Waals surface area contributed by atoms with Gasteiger partial charge < -0.3 is 5.32 Å². The van der Waals surface area contributed by atoms with Gasteiger partial charge in [-0.05, 0) is 31.9 Å². The highest BCUT2D eigenvalue weighted by Crippen LogP contribution is 2.15. The molecule has 0 aromatic heterocycles. The summed E-state index contributed by atoms with van der Waals surface area (Å²) in [7, 11) is -2.84. The van der Waals surface area contributed by atoms with E-state index in [1.165, 1.54) is 17.4 Å². The Morgan fingerprint density at radius 1 is 1.25 bits per heavy atom. The van der Waals surface area contributed by atoms with Crippen LogP contribution in [0.3, 0.4) is 0 Å². The molecule has 0 amide bonds. The molecule has 0 spiro atoms. The quantitative estimate of drug-likeness (QED) is 0.803. The Hall–Kier alpha value is -1.03. The summed E-state index contributed by atoms with van der Waals surface area (Å²) in [5, 5.41) is 3.25. The Bertz CT molecular complexity index is 452. The van der Waals surface area contributed by atoms with Gasteiger partial charge >= 0.3 is 0 Å². The third kappa shape index (κ3) is 4.66. The first kappa shape index (κ1) is 13.0. The molecule has 0 saturated heterocycles. The van der Waals surface area contributed by atoms with Crippen LogP contribution in [0.1, 0.15) is 17.5 Å². The van der Waals surface area contributed by atoms with E-state index in [-0.39, 0.29) is 5.75 Å². The number of rotatable bonds is 5. The lowest BCUT2D eigenvalue weighted by Crippen LogP contribution is -2.10. The zero-order valence-corrected chi connectivity index (χ0v) is 10.9. The van der Waals surface area contributed by atoms with Crippen LogP contribution in [0.25, 0.3) is 0 Å². The minimum Gasteiger partial charge on any atom is -0.385 e. The second-order valence-corrected chi connectivity index (χ2v) is 6.49. The number of aryl methyl sites for hydroxylation is 2. The molecule has 0 aliphatic heterocycles. The summed E-state index contributed by atoms with van der Waals surface area (Å²) < 4.78 is 21.9. The lowest BCUT2D eigenvalue weighted by atomic mass is 10.1. The van der Waals surface area contributed by atoms with E-state index in [1.807, 2.05) is 19.1 Å². The molecule has 1 aromatic rings. The van der Waals surface area contributed by atoms with Gasteiger partial charge in [-0.2, -0.15) is 0 Å². The van der Waals surface area contributed by atoms with Gasteiger partial charge in [-0.3, -0.25) is 0 Å². The Labute approximate surface area is 97.8 Å². The van der Waals surface area contributed by atoms with Gasteiger partial charge in [0.1, 0.15) is 9.84 Å². The number of nitrogens with one attached hydrogen (secondary N) is 1. The van der Waals surface area contributed by atoms with E-state index in [1.54, 1.807) is 0 Å². The standard InChI is InChI=1S/C12H19NO2S/c1-10-5-6-12(11(2)9-10)13-7-4-8-16(3,14)15/h5-6,9,13H,4,7-8H2,1-3H3. The smallest absolute Gasteiger partial charge is 0.147 e. The SMILES string of the molecule is Cc1ccc(NCCCS(C)(=O)=O)c(C)c1. The van der Waals surface area contributed by atoms with E-state index in [2.05, 4.69) is 18.3 Å². The minimum absolute atomic E-state index is 0.241. The third-order valence-corrected chi connectivity index (χ3v) is 3.42. The lowest BCUT2D eigenvalue weighted by molar-refractivity contribution is 0.600. The van der Waals surface area contributed by atoms with Crippen LogP contribution in [0.15, 0.2) is 18.2 Å². The highest BCUT2D eigenvalue weighted by atomic mass is 32.2. The predicted molar refractivity (Wildman–Crippen MR) is 68.7 cm³/mol. The molecule has 3 nitrogen and oxygen atoms in total. The van der Waals surface area contributed by atoms with E-state index in [0.717, 1.165) is 5.69 Å². The van der Waals surface area contributed by atoms with Gasteiger partial charge in [-0.15, -0.1) is 0 Å². The Morgan fingerprint density at radius 3 is 2.50 bits per heavy atom. The number of sulfone groups is 1. The fraction of sp³-hybridized carbons (Fsp3) is 0.500. The fourth-order valence-electron chi connectivity index (χ4n) is 1.57. The van der Waals surface area contributed by atoms with Crippen LogP contribution in [0, 0.1) is 13.8 Å². The van der Waals surface area contributed by atoms with E-state index in [0.29, 0.717) is 13.0 Å². The highest BCUT2D eigenvalue weighted by molar-refractivity contribution is 7.90. The van der Waals surface area contributed by atoms with Gasteiger partial charge in [0.15, 0.2) is 0 Å². The summed E-state index contributed by atoms with van der Waals surface area (Å²) in [6, 6.07) is 6.19. The van der Waals surface area contributed by atoms with Gasteiger partial charge in [0.25, 0.3) is 0 Å². The first-order valence-corrected chi connectivity index (χ1v) is 7.43. The molecular weight excluding hydrogens is 222 g/mol. The predicted octanol–water partition coefficient (Wildman–Crippen LogP) is 2.15. The maximum atomic E-state index is 10.9. The molecule has 1 rings (SSSR count). The van der Waals surface area contributed by atoms with Crippen molar-refractivity contribution in [2.24, 2.45) is 0 Å². The Morgan fingerprint density at radius 2 is 1.94 bits per heavy atom. The van der Waals surface area contributed by atoms with Crippen molar-refractivity contribution in [1.82, 2.24) is 0 Å². The van der Waals surface area contributed by atoms with Crippen LogP contribution >= 0.6 is 0 Å². The summed E-state index contributed by atoms with van der Waals surface area (Å²) in [4.78, 5) is 0. The normalized spacial score (nSPS) is 11.4. The van der Waals surface area contributed by atoms with Gasteiger partial charge in [0, 0.05) is 18.5 Å². The van der Waals surface area contributed by atoms with Crippen LogP contribution < -0.4 is 5.32 Å². The molecule has 0 saturated carbocycles. The van der Waals surface area contributed by atoms with Crippen molar-refractivity contribution in [3.63, 3.8) is 0 Å². The molecule has 0 atom stereocenters. The maximum Gasteiger partial charge on any atom is 0.147 e. The van der Waals surface area contributed by atoms with Crippen LogP contribution in [-0.2, 0) is 9.84 Å². The number of benzene rings is 1. The van der Waals surface area contributed by atoms with Crippen molar-refractivity contribution in [3.05, 3.63) is 29.3 Å². The molecule has 4 heteroatoms. The van der Waals surface area contributed by atoms with Crippen LogP contribution in [0.5, 0.6) is 0 Å². The molecule has 1 N–H and O–H groups in total. The van der Waals surface area contributed by atoms with E-state index >= 15 is 0 Å². The summed E-state index contributed by atoms with van der Waals surface area (Å²) >= 11 is 0. The van der Waals surface area contributed by atoms with E-state index < -0.39 is 9.84 Å². The summed E-state index contributed by atoms with van der Waals surface area (Å²) in [6.07, 6.45) is 1.91. The van der Waals surface area contributed by atoms with Crippen molar-refractivity contribution < 1.29 is 8.42 Å². The zero-order chi connectivity index (χ0) is 12.2. The first-order chi connectivity index (χ1) is 7.38. The monoisotopic (exact) mass is 241 g/mol. The minimum atomic E-state index is -2.84. The second kappa shape index (κ2) is 5.34. The molecule has 0 unspecified atom stereocenters. The molecule has 0 fully saturated rings. The van der Waals surface area contributed by atoms with Crippen LogP contribution in [0.4, 0.5) is 5.69 Å². The number of hydrogen-bond acceptors (Lipinski definition) is 3. The van der Waals surface area contributed by atoms with E-state index in [4.69, 9.17) is 0 Å². The Kier molecular flexibility index (Phi) is 4.35. The summed E-state index contributed by atoms with van der Waals surface area (Å²) in [6.45, 7) is 4.79. The molecular formula is C12H19NO2S. The van der Waals surface area contributed by atoms with Crippen LogP contribution in [-0.4, -0.2) is 27.0 Å². The lowest BCUT2D eigenvalue weighted by Gasteiger charge is -2.09. The van der Waals surface area contributed by atoms with Gasteiger partial charge in [-0.1, -0.05) is 17.7 Å². The second-order valence-electron chi connectivity index (χ2n) is 4.23. The molecule has 0 aliphatic rings. The average molecular weight is 241 g/mol. The molecule has 0 bridgehead atoms. The molecule has 0 aliphatic carbocycles. The molecule has 0 radical (unpaired) electrons. The molecule has 16 heavy (non-hydrogen) atoms. The molecule has 1 aromatic carbocycles. The van der Waals surface area contributed by atoms with Crippen molar-refractivity contribution in [1.29, 1.82) is 0 Å². The number of anilines is 1. The number of hydrogen-bond donors (Lipinski definition) is 1. The largest absolute Gasteiger partial charge is 0.385 e. The van der Waals surface area contributed by atoms with E-state index in [9.17, 15) is 8.42 Å². The van der Waals surface area contributed by atoms with Crippen molar-refractivity contribution >= 4 is 15.5 Å². The highest BCUT2D eigenvalue weighted by Gasteiger charge is 2.02. The van der Waals surface area contributed by atoms with Gasteiger partial charge in [0.2, 0.25) is 0 Å². The summed E-state index contributed by atoms with van der Waals surface area (Å²) in [5.74, 6) is 0.241. The molecule has 0 heterocycles. The summed E-state index contributed by atoms with van der Waals surface area (Å²) in [5.41, 5.74) is 3.51. The fourth-order valence-corrected chi connectivity index (χ4v) is 2.24. The third-order valence-electron chi connectivity index (χ3n) is 2.39. The van der Waals surface area contributed by atoms with Crippen molar-refractivity contribution in [3.8, 4) is 0 Å². The molecule has 90 valence electrons. The Balaban J connectivity index is 2.43. The first-order valence-electron chi connectivity index (χ1n) is 5.37. The van der Waals surface area contributed by atoms with Gasteiger partial charge in [0.05, 0.1) is 5.75 Å². The van der Waals surface area contributed by atoms with Crippen molar-refractivity contribution in [2.45, 2.75) is 20.3 Å². The average Bonchev–Trinajstić information content (AvgIpc) is 2.13. The topological polar surface area (TPSA) is 46.2 Å². The van der Waals surface area contributed by atoms with Crippen LogP contribution in [0.2, 0.25) is 0 Å².